The molecule has 1 aliphatic rings. The van der Waals surface area contributed by atoms with Crippen LogP contribution in [-0.2, 0) is 0 Å². The molecular weight excluding hydrogens is 177 g/mol. The summed E-state index contributed by atoms with van der Waals surface area (Å²) in [5, 5.41) is 0. The maximum absolute atomic E-state index is 12.2. The van der Waals surface area contributed by atoms with Crippen LogP contribution in [0.25, 0.3) is 0 Å². The fourth-order valence-electron chi connectivity index (χ4n) is 0.886. The van der Waals surface area contributed by atoms with Gasteiger partial charge in [0, 0.05) is 0 Å². The molecule has 0 aromatic heterocycles. The van der Waals surface area contributed by atoms with Gasteiger partial charge >= 0.3 is 58.2 Å². The Hall–Kier alpha value is 1.74. The minimum atomic E-state index is -0.495. The van der Waals surface area contributed by atoms with Crippen molar-refractivity contribution in [2.24, 2.45) is 0 Å². The standard InChI is InChI=1S/C6H10F.Rb/c7-6-4-2-1-3-5-6;/h1,6H,2-5H2;/q-1;+1. The average Bonchev–Trinajstić information content (AvgIpc) is 1.69. The zero-order chi connectivity index (χ0) is 5.11. The Morgan fingerprint density at radius 3 is 2.00 bits per heavy atom. The van der Waals surface area contributed by atoms with Gasteiger partial charge in [-0.05, 0) is 12.8 Å². The van der Waals surface area contributed by atoms with E-state index in [1.54, 1.807) is 0 Å². The summed E-state index contributed by atoms with van der Waals surface area (Å²) in [6, 6.07) is 0. The molecule has 0 aromatic carbocycles. The topological polar surface area (TPSA) is 0 Å². The van der Waals surface area contributed by atoms with E-state index >= 15 is 0 Å². The molecule has 0 spiro atoms. The second-order valence-electron chi connectivity index (χ2n) is 2.04. The third kappa shape index (κ3) is 3.70. The van der Waals surface area contributed by atoms with Crippen molar-refractivity contribution in [1.29, 1.82) is 0 Å². The largest absolute Gasteiger partial charge is 1.00 e. The summed E-state index contributed by atoms with van der Waals surface area (Å²) in [5.74, 6) is 0. The molecule has 0 atom stereocenters. The SMILES string of the molecule is FC1CC[CH-]CC1.[Rb+]. The summed E-state index contributed by atoms with van der Waals surface area (Å²) in [6.07, 6.45) is 5.17. The van der Waals surface area contributed by atoms with E-state index in [-0.39, 0.29) is 58.2 Å². The van der Waals surface area contributed by atoms with Gasteiger partial charge in [0.1, 0.15) is 0 Å². The van der Waals surface area contributed by atoms with Crippen molar-refractivity contribution in [2.45, 2.75) is 31.9 Å². The zero-order valence-corrected chi connectivity index (χ0v) is 10.3. The summed E-state index contributed by atoms with van der Waals surface area (Å²) in [7, 11) is 0. The molecule has 0 saturated heterocycles. The maximum atomic E-state index is 12.2. The fourth-order valence-corrected chi connectivity index (χ4v) is 0.886. The molecule has 1 rings (SSSR count). The van der Waals surface area contributed by atoms with Gasteiger partial charge in [-0.3, -0.25) is 0 Å². The normalized spacial score (nSPS) is 22.1. The molecule has 1 aliphatic carbocycles. The quantitative estimate of drug-likeness (QED) is 0.431. The number of halogens is 1. The Bertz CT molecular complexity index is 50.5. The van der Waals surface area contributed by atoms with E-state index in [0.29, 0.717) is 0 Å². The van der Waals surface area contributed by atoms with Crippen molar-refractivity contribution < 1.29 is 62.6 Å². The molecule has 0 nitrogen and oxygen atoms in total. The van der Waals surface area contributed by atoms with Gasteiger partial charge in [0.05, 0.1) is 6.17 Å². The van der Waals surface area contributed by atoms with Crippen molar-refractivity contribution in [2.75, 3.05) is 0 Å². The van der Waals surface area contributed by atoms with Gasteiger partial charge in [-0.15, -0.1) is 0 Å². The number of hydrogen-bond acceptors (Lipinski definition) is 0. The fraction of sp³-hybridized carbons (Fsp3) is 0.833. The predicted molar refractivity (Wildman–Crippen MR) is 27.7 cm³/mol. The van der Waals surface area contributed by atoms with Crippen LogP contribution in [0.5, 0.6) is 0 Å². The molecule has 42 valence electrons. The minimum Gasteiger partial charge on any atom is -0.328 e. The van der Waals surface area contributed by atoms with E-state index in [1.807, 2.05) is 0 Å². The van der Waals surface area contributed by atoms with Gasteiger partial charge in [-0.2, -0.15) is 12.8 Å². The molecule has 0 aliphatic heterocycles. The Morgan fingerprint density at radius 1 is 1.25 bits per heavy atom. The Balaban J connectivity index is 0.000000490. The van der Waals surface area contributed by atoms with E-state index in [1.165, 1.54) is 0 Å². The van der Waals surface area contributed by atoms with Gasteiger partial charge < -0.3 is 6.42 Å². The second kappa shape index (κ2) is 5.51. The van der Waals surface area contributed by atoms with Crippen molar-refractivity contribution in [3.63, 3.8) is 0 Å². The van der Waals surface area contributed by atoms with Crippen molar-refractivity contribution >= 4 is 0 Å². The molecule has 2 heteroatoms. The van der Waals surface area contributed by atoms with Crippen molar-refractivity contribution in [3.05, 3.63) is 6.42 Å². The van der Waals surface area contributed by atoms with E-state index in [9.17, 15) is 4.39 Å². The van der Waals surface area contributed by atoms with Crippen LogP contribution in [0.4, 0.5) is 4.39 Å². The molecule has 0 aromatic rings. The molecule has 0 amide bonds. The average molecular weight is 187 g/mol. The molecule has 0 bridgehead atoms. The summed E-state index contributed by atoms with van der Waals surface area (Å²) in [5.41, 5.74) is 0. The van der Waals surface area contributed by atoms with Gasteiger partial charge in [-0.1, -0.05) is 0 Å². The van der Waals surface area contributed by atoms with Crippen LogP contribution in [-0.4, -0.2) is 6.17 Å². The van der Waals surface area contributed by atoms with Gasteiger partial charge in [-0.25, -0.2) is 4.39 Å². The van der Waals surface area contributed by atoms with Gasteiger partial charge in [0.2, 0.25) is 0 Å². The number of rotatable bonds is 0. The molecule has 0 heterocycles. The molecule has 1 saturated carbocycles. The van der Waals surface area contributed by atoms with Crippen LogP contribution in [0, 0.1) is 6.42 Å². The Morgan fingerprint density at radius 2 is 1.75 bits per heavy atom. The summed E-state index contributed by atoms with van der Waals surface area (Å²) in [6.45, 7) is 0. The van der Waals surface area contributed by atoms with E-state index < -0.39 is 6.17 Å². The first-order chi connectivity index (χ1) is 3.39. The number of hydrogen-bond donors (Lipinski definition) is 0. The third-order valence-electron chi connectivity index (χ3n) is 1.37. The van der Waals surface area contributed by atoms with Crippen LogP contribution >= 0.6 is 0 Å². The van der Waals surface area contributed by atoms with Crippen LogP contribution in [0.3, 0.4) is 0 Å². The van der Waals surface area contributed by atoms with Crippen molar-refractivity contribution in [3.8, 4) is 0 Å². The first-order valence-corrected chi connectivity index (χ1v) is 2.85. The van der Waals surface area contributed by atoms with Crippen molar-refractivity contribution in [1.82, 2.24) is 0 Å². The van der Waals surface area contributed by atoms with Crippen LogP contribution in [0.15, 0.2) is 0 Å². The van der Waals surface area contributed by atoms with Gasteiger partial charge in [0.15, 0.2) is 0 Å². The summed E-state index contributed by atoms with van der Waals surface area (Å²) < 4.78 is 12.2. The first kappa shape index (κ1) is 9.74. The smallest absolute Gasteiger partial charge is 0.328 e. The van der Waals surface area contributed by atoms with E-state index in [4.69, 9.17) is 0 Å². The van der Waals surface area contributed by atoms with Crippen LogP contribution < -0.4 is 58.2 Å². The second-order valence-corrected chi connectivity index (χ2v) is 2.04. The van der Waals surface area contributed by atoms with E-state index in [0.717, 1.165) is 25.7 Å². The first-order valence-electron chi connectivity index (χ1n) is 2.85. The van der Waals surface area contributed by atoms with Crippen LogP contribution in [0.2, 0.25) is 0 Å². The molecule has 8 heavy (non-hydrogen) atoms. The Kier molecular flexibility index (Phi) is 6.71. The predicted octanol–water partition coefficient (Wildman–Crippen LogP) is -0.893. The number of alkyl halides is 1. The monoisotopic (exact) mass is 186 g/mol. The van der Waals surface area contributed by atoms with Crippen LogP contribution in [0.1, 0.15) is 25.7 Å². The maximum Gasteiger partial charge on any atom is 1.00 e. The zero-order valence-electron chi connectivity index (χ0n) is 5.36. The minimum absolute atomic E-state index is 0. The molecule has 0 radical (unpaired) electrons. The van der Waals surface area contributed by atoms with E-state index in [2.05, 4.69) is 6.42 Å². The Labute approximate surface area is 99.0 Å². The molecule has 0 unspecified atom stereocenters. The molecule has 1 fully saturated rings. The molecule has 0 N–H and O–H groups in total. The third-order valence-corrected chi connectivity index (χ3v) is 1.37. The summed E-state index contributed by atoms with van der Waals surface area (Å²) in [4.78, 5) is 0. The summed E-state index contributed by atoms with van der Waals surface area (Å²) >= 11 is 0. The van der Waals surface area contributed by atoms with Gasteiger partial charge in [0.25, 0.3) is 0 Å². The molecular formula is C6H10FRb.